The van der Waals surface area contributed by atoms with E-state index in [0.29, 0.717) is 46.3 Å². The molecule has 4 unspecified atom stereocenters. The van der Waals surface area contributed by atoms with Crippen LogP contribution in [0.3, 0.4) is 0 Å². The first-order valence-electron chi connectivity index (χ1n) is 7.62. The van der Waals surface area contributed by atoms with E-state index < -0.39 is 0 Å². The van der Waals surface area contributed by atoms with Crippen LogP contribution in [0.4, 0.5) is 0 Å². The molecule has 20 heavy (non-hydrogen) atoms. The van der Waals surface area contributed by atoms with Crippen molar-refractivity contribution < 1.29 is 19.1 Å². The molecule has 0 radical (unpaired) electrons. The van der Waals surface area contributed by atoms with Crippen LogP contribution in [0.15, 0.2) is 0 Å². The summed E-state index contributed by atoms with van der Waals surface area (Å²) in [6.07, 6.45) is 0. The molecule has 0 saturated heterocycles. The second-order valence-electron chi connectivity index (χ2n) is 7.92. The van der Waals surface area contributed by atoms with E-state index in [0.717, 1.165) is 0 Å². The maximum absolute atomic E-state index is 12.2. The summed E-state index contributed by atoms with van der Waals surface area (Å²) in [5.74, 6) is 2.45. The van der Waals surface area contributed by atoms with E-state index >= 15 is 0 Å². The number of carbonyl (C=O) groups is 2. The molecule has 0 aromatic carbocycles. The van der Waals surface area contributed by atoms with Gasteiger partial charge in [0.25, 0.3) is 0 Å². The third kappa shape index (κ3) is 0.674. The second-order valence-corrected chi connectivity index (χ2v) is 7.92. The van der Waals surface area contributed by atoms with Crippen molar-refractivity contribution in [3.8, 4) is 0 Å². The van der Waals surface area contributed by atoms with Gasteiger partial charge in [-0.05, 0) is 46.3 Å². The van der Waals surface area contributed by atoms with E-state index in [1.807, 2.05) is 0 Å². The van der Waals surface area contributed by atoms with Gasteiger partial charge in [-0.15, -0.1) is 0 Å². The first kappa shape index (κ1) is 11.6. The normalized spacial score (nSPS) is 65.8. The van der Waals surface area contributed by atoms with Crippen LogP contribution in [0.2, 0.25) is 0 Å². The Morgan fingerprint density at radius 2 is 1.05 bits per heavy atom. The van der Waals surface area contributed by atoms with Gasteiger partial charge in [0.2, 0.25) is 0 Å². The standard InChI is InChI=1S/C16H20O4/c1-15-9-7-5(13(17)19-3)6(14(18)20-4)8-11(9)16(15,2)12(8)10(7)15/h5-12H,1-4H3/t5-,6+,7?,8?,9-,10-,11-,12+,15?,16?/m1/s1. The lowest BCUT2D eigenvalue weighted by atomic mass is 9.00. The topological polar surface area (TPSA) is 52.6 Å². The summed E-state index contributed by atoms with van der Waals surface area (Å²) in [5.41, 5.74) is 0.910. The summed E-state index contributed by atoms with van der Waals surface area (Å²) in [7, 11) is 2.86. The second kappa shape index (κ2) is 2.79. The van der Waals surface area contributed by atoms with Crippen LogP contribution in [-0.2, 0) is 19.1 Å². The smallest absolute Gasteiger partial charge is 0.309 e. The third-order valence-corrected chi connectivity index (χ3v) is 8.53. The van der Waals surface area contributed by atoms with Gasteiger partial charge in [-0.1, -0.05) is 13.8 Å². The Balaban J connectivity index is 1.59. The summed E-state index contributed by atoms with van der Waals surface area (Å²) in [6, 6.07) is 0. The molecule has 6 rings (SSSR count). The zero-order chi connectivity index (χ0) is 14.2. The van der Waals surface area contributed by atoms with E-state index in [2.05, 4.69) is 13.8 Å². The number of rotatable bonds is 2. The number of ether oxygens (including phenoxy) is 2. The Bertz CT molecular complexity index is 497. The lowest BCUT2D eigenvalue weighted by molar-refractivity contribution is -0.573. The molecule has 6 saturated carbocycles. The SMILES string of the molecule is COC(=O)[C@@H]1C2[C@@H]3[C@H]4C([C@@H]5[C@H]2C3(C)C45C)[C@@H]1C(=O)OC. The van der Waals surface area contributed by atoms with Crippen molar-refractivity contribution in [1.29, 1.82) is 0 Å². The predicted octanol–water partition coefficient (Wildman–Crippen LogP) is 1.34. The van der Waals surface area contributed by atoms with E-state index in [1.165, 1.54) is 14.2 Å². The van der Waals surface area contributed by atoms with Crippen LogP contribution in [0.5, 0.6) is 0 Å². The zero-order valence-corrected chi connectivity index (χ0v) is 12.3. The maximum atomic E-state index is 12.2. The largest absolute Gasteiger partial charge is 0.469 e. The summed E-state index contributed by atoms with van der Waals surface area (Å²) in [5, 5.41) is 0. The average molecular weight is 276 g/mol. The summed E-state index contributed by atoms with van der Waals surface area (Å²) in [4.78, 5) is 24.5. The Hall–Kier alpha value is -1.06. The van der Waals surface area contributed by atoms with Crippen molar-refractivity contribution in [2.75, 3.05) is 14.2 Å². The van der Waals surface area contributed by atoms with Crippen LogP contribution < -0.4 is 0 Å². The number of methoxy groups -OCH3 is 2. The third-order valence-electron chi connectivity index (χ3n) is 8.53. The molecule has 108 valence electrons. The summed E-state index contributed by atoms with van der Waals surface area (Å²) < 4.78 is 10.0. The molecular formula is C16H20O4. The van der Waals surface area contributed by atoms with Crippen LogP contribution in [0, 0.1) is 58.2 Å². The summed E-state index contributed by atoms with van der Waals surface area (Å²) in [6.45, 7) is 4.80. The maximum Gasteiger partial charge on any atom is 0.309 e. The number of fused-ring (bicyclic) bond motifs is 1. The highest BCUT2D eigenvalue weighted by molar-refractivity contribution is 5.85. The van der Waals surface area contributed by atoms with Gasteiger partial charge in [0.1, 0.15) is 0 Å². The Morgan fingerprint density at radius 3 is 1.30 bits per heavy atom. The van der Waals surface area contributed by atoms with E-state index in [-0.39, 0.29) is 23.8 Å². The fourth-order valence-electron chi connectivity index (χ4n) is 8.20. The molecule has 0 N–H and O–H groups in total. The van der Waals surface area contributed by atoms with Crippen molar-refractivity contribution in [2.24, 2.45) is 58.2 Å². The molecule has 6 aliphatic rings. The number of esters is 2. The minimum atomic E-state index is -0.252. The van der Waals surface area contributed by atoms with Gasteiger partial charge in [-0.2, -0.15) is 0 Å². The van der Waals surface area contributed by atoms with Gasteiger partial charge < -0.3 is 9.47 Å². The number of carbonyl (C=O) groups excluding carboxylic acids is 2. The molecule has 0 amide bonds. The van der Waals surface area contributed by atoms with Crippen molar-refractivity contribution in [3.63, 3.8) is 0 Å². The molecule has 4 nitrogen and oxygen atoms in total. The molecule has 6 fully saturated rings. The zero-order valence-electron chi connectivity index (χ0n) is 12.3. The average Bonchev–Trinajstić information content (AvgIpc) is 2.49. The van der Waals surface area contributed by atoms with Crippen molar-refractivity contribution in [2.45, 2.75) is 13.8 Å². The lowest BCUT2D eigenvalue weighted by Gasteiger charge is -3.03. The van der Waals surface area contributed by atoms with Gasteiger partial charge >= 0.3 is 11.9 Å². The minimum absolute atomic E-state index is 0.199. The molecule has 0 heterocycles. The highest BCUT2D eigenvalue weighted by atomic mass is 16.5. The molecular weight excluding hydrogens is 256 g/mol. The van der Waals surface area contributed by atoms with Crippen molar-refractivity contribution in [1.82, 2.24) is 0 Å². The fourth-order valence-corrected chi connectivity index (χ4v) is 8.20. The van der Waals surface area contributed by atoms with Gasteiger partial charge in [0.05, 0.1) is 26.1 Å². The summed E-state index contributed by atoms with van der Waals surface area (Å²) >= 11 is 0. The molecule has 0 aromatic heterocycles. The predicted molar refractivity (Wildman–Crippen MR) is 68.2 cm³/mol. The van der Waals surface area contributed by atoms with Gasteiger partial charge in [-0.3, -0.25) is 9.59 Å². The lowest BCUT2D eigenvalue weighted by Crippen LogP contribution is -3.02. The molecule has 4 heteroatoms. The Morgan fingerprint density at radius 1 is 0.750 bits per heavy atom. The van der Waals surface area contributed by atoms with Gasteiger partial charge in [0.15, 0.2) is 0 Å². The highest BCUT2D eigenvalue weighted by Gasteiger charge is 3.01. The number of hydrogen-bond acceptors (Lipinski definition) is 4. The molecule has 0 spiro atoms. The Labute approximate surface area is 118 Å². The van der Waals surface area contributed by atoms with E-state index in [9.17, 15) is 9.59 Å². The molecule has 0 aromatic rings. The van der Waals surface area contributed by atoms with Crippen LogP contribution in [0.25, 0.3) is 0 Å². The first-order chi connectivity index (χ1) is 9.46. The molecule has 2 bridgehead atoms. The Kier molecular flexibility index (Phi) is 1.62. The molecule has 10 atom stereocenters. The van der Waals surface area contributed by atoms with Gasteiger partial charge in [0, 0.05) is 0 Å². The van der Waals surface area contributed by atoms with Crippen molar-refractivity contribution in [3.05, 3.63) is 0 Å². The van der Waals surface area contributed by atoms with Gasteiger partial charge in [-0.25, -0.2) is 0 Å². The quantitative estimate of drug-likeness (QED) is 0.714. The molecule has 6 aliphatic carbocycles. The first-order valence-corrected chi connectivity index (χ1v) is 7.62. The highest BCUT2D eigenvalue weighted by Crippen LogP contribution is 3.03. The fraction of sp³-hybridized carbons (Fsp3) is 0.875. The molecule has 0 aliphatic heterocycles. The van der Waals surface area contributed by atoms with E-state index in [1.54, 1.807) is 0 Å². The van der Waals surface area contributed by atoms with Crippen LogP contribution in [-0.4, -0.2) is 26.2 Å². The minimum Gasteiger partial charge on any atom is -0.469 e. The number of hydrogen-bond donors (Lipinski definition) is 0. The van der Waals surface area contributed by atoms with Crippen LogP contribution >= 0.6 is 0 Å². The monoisotopic (exact) mass is 276 g/mol. The van der Waals surface area contributed by atoms with Crippen molar-refractivity contribution >= 4 is 11.9 Å². The van der Waals surface area contributed by atoms with E-state index in [4.69, 9.17) is 9.47 Å². The van der Waals surface area contributed by atoms with Crippen LogP contribution in [0.1, 0.15) is 13.8 Å².